The lowest BCUT2D eigenvalue weighted by molar-refractivity contribution is -0.130. The lowest BCUT2D eigenvalue weighted by Gasteiger charge is -2.24. The number of amides is 1. The van der Waals surface area contributed by atoms with Crippen LogP contribution in [-0.2, 0) is 21.4 Å². The van der Waals surface area contributed by atoms with Gasteiger partial charge in [0.1, 0.15) is 0 Å². The van der Waals surface area contributed by atoms with Gasteiger partial charge in [-0.05, 0) is 36.4 Å². The van der Waals surface area contributed by atoms with Gasteiger partial charge in [-0.2, -0.15) is 4.98 Å². The predicted molar refractivity (Wildman–Crippen MR) is 117 cm³/mol. The van der Waals surface area contributed by atoms with Crippen LogP contribution < -0.4 is 4.31 Å². The number of carbonyl (C=O) groups is 1. The fraction of sp³-hybridized carbons (Fsp3) is 0.350. The van der Waals surface area contributed by atoms with Crippen LogP contribution in [0.5, 0.6) is 0 Å². The number of hydrogen-bond donors (Lipinski definition) is 0. The average molecular weight is 449 g/mol. The smallest absolute Gasteiger partial charge is 0.246 e. The minimum absolute atomic E-state index is 0.121. The van der Waals surface area contributed by atoms with Crippen LogP contribution in [0.3, 0.4) is 0 Å². The second-order valence-corrected chi connectivity index (χ2v) is 9.82. The first-order valence-electron chi connectivity index (χ1n) is 9.39. The number of carbonyl (C=O) groups excluding carboxylic acids is 1. The largest absolute Gasteiger partial charge is 0.337 e. The maximum Gasteiger partial charge on any atom is 0.246 e. The molecule has 8 nitrogen and oxygen atoms in total. The fourth-order valence-corrected chi connectivity index (χ4v) is 4.66. The van der Waals surface area contributed by atoms with E-state index >= 15 is 0 Å². The first-order valence-corrected chi connectivity index (χ1v) is 12.1. The summed E-state index contributed by atoms with van der Waals surface area (Å²) in [4.78, 5) is 19.2. The van der Waals surface area contributed by atoms with Crippen molar-refractivity contribution in [1.82, 2.24) is 15.0 Å². The highest BCUT2D eigenvalue weighted by atomic mass is 32.2. The van der Waals surface area contributed by atoms with Gasteiger partial charge in [-0.25, -0.2) is 8.42 Å². The highest BCUT2D eigenvalue weighted by Gasteiger charge is 2.20. The Bertz CT molecular complexity index is 1090. The second-order valence-electron chi connectivity index (χ2n) is 6.96. The highest BCUT2D eigenvalue weighted by molar-refractivity contribution is 7.92. The monoisotopic (exact) mass is 448 g/mol. The van der Waals surface area contributed by atoms with Gasteiger partial charge < -0.3 is 9.42 Å². The zero-order valence-corrected chi connectivity index (χ0v) is 18.7. The molecule has 0 atom stereocenters. The van der Waals surface area contributed by atoms with Crippen molar-refractivity contribution in [3.8, 4) is 10.7 Å². The third kappa shape index (κ3) is 5.45. The number of benzene rings is 1. The number of anilines is 1. The molecule has 0 aliphatic heterocycles. The lowest BCUT2D eigenvalue weighted by atomic mass is 10.2. The molecule has 0 radical (unpaired) electrons. The molecule has 1 aromatic carbocycles. The van der Waals surface area contributed by atoms with E-state index < -0.39 is 10.0 Å². The number of rotatable bonds is 9. The molecule has 0 aliphatic carbocycles. The maximum atomic E-state index is 12.5. The van der Waals surface area contributed by atoms with Crippen LogP contribution >= 0.6 is 11.3 Å². The molecule has 2 heterocycles. The van der Waals surface area contributed by atoms with Crippen molar-refractivity contribution in [2.24, 2.45) is 0 Å². The fourth-order valence-electron chi connectivity index (χ4n) is 2.99. The number of aromatic nitrogens is 2. The van der Waals surface area contributed by atoms with Crippen LogP contribution in [0, 0.1) is 6.92 Å². The van der Waals surface area contributed by atoms with E-state index in [1.807, 2.05) is 36.6 Å². The molecular formula is C20H24N4O4S2. The molecule has 2 aromatic heterocycles. The van der Waals surface area contributed by atoms with Gasteiger partial charge >= 0.3 is 0 Å². The number of para-hydroxylation sites is 1. The topological polar surface area (TPSA) is 96.6 Å². The number of sulfonamides is 1. The minimum Gasteiger partial charge on any atom is -0.337 e. The molecule has 0 bridgehead atoms. The first-order chi connectivity index (χ1) is 14.3. The molecule has 0 aliphatic rings. The van der Waals surface area contributed by atoms with Gasteiger partial charge in [0, 0.05) is 20.0 Å². The molecule has 0 N–H and O–H groups in total. The first kappa shape index (κ1) is 22.0. The van der Waals surface area contributed by atoms with E-state index in [1.165, 1.54) is 26.8 Å². The number of hydrogen-bond acceptors (Lipinski definition) is 7. The lowest BCUT2D eigenvalue weighted by Crippen LogP contribution is -2.33. The molecule has 3 rings (SSSR count). The van der Waals surface area contributed by atoms with Gasteiger partial charge in [0.25, 0.3) is 0 Å². The summed E-state index contributed by atoms with van der Waals surface area (Å²) in [5.74, 6) is 0.735. The highest BCUT2D eigenvalue weighted by Crippen LogP contribution is 2.23. The Hall–Kier alpha value is -2.72. The summed E-state index contributed by atoms with van der Waals surface area (Å²) < 4.78 is 31.1. The summed E-state index contributed by atoms with van der Waals surface area (Å²) in [6.07, 6.45) is 1.78. The van der Waals surface area contributed by atoms with E-state index in [0.29, 0.717) is 23.8 Å². The van der Waals surface area contributed by atoms with Gasteiger partial charge in [-0.1, -0.05) is 29.4 Å². The summed E-state index contributed by atoms with van der Waals surface area (Å²) in [5, 5.41) is 5.87. The van der Waals surface area contributed by atoms with Crippen LogP contribution in [0.1, 0.15) is 24.3 Å². The SMILES string of the molecule is Cc1ccccc1N(CCCC(=O)N(C)Cc1nc(-c2cccs2)no1)S(C)(=O)=O. The molecule has 3 aromatic rings. The van der Waals surface area contributed by atoms with Crippen molar-refractivity contribution < 1.29 is 17.7 Å². The molecule has 1 amide bonds. The van der Waals surface area contributed by atoms with E-state index in [2.05, 4.69) is 10.1 Å². The Kier molecular flexibility index (Phi) is 6.88. The quantitative estimate of drug-likeness (QED) is 0.498. The Morgan fingerprint density at radius 1 is 1.20 bits per heavy atom. The summed E-state index contributed by atoms with van der Waals surface area (Å²) in [5.41, 5.74) is 1.50. The molecular weight excluding hydrogens is 424 g/mol. The van der Waals surface area contributed by atoms with Gasteiger partial charge in [0.15, 0.2) is 0 Å². The third-order valence-electron chi connectivity index (χ3n) is 4.54. The summed E-state index contributed by atoms with van der Waals surface area (Å²) >= 11 is 1.51. The molecule has 0 saturated carbocycles. The molecule has 0 saturated heterocycles. The van der Waals surface area contributed by atoms with Crippen molar-refractivity contribution >= 4 is 33.0 Å². The molecule has 0 unspecified atom stereocenters. The Labute approximate surface area is 180 Å². The molecule has 0 spiro atoms. The Morgan fingerprint density at radius 3 is 2.63 bits per heavy atom. The van der Waals surface area contributed by atoms with E-state index in [0.717, 1.165) is 10.4 Å². The summed E-state index contributed by atoms with van der Waals surface area (Å²) in [6.45, 7) is 2.29. The van der Waals surface area contributed by atoms with Crippen molar-refractivity contribution in [1.29, 1.82) is 0 Å². The van der Waals surface area contributed by atoms with Gasteiger partial charge in [-0.15, -0.1) is 11.3 Å². The van der Waals surface area contributed by atoms with Gasteiger partial charge in [-0.3, -0.25) is 9.10 Å². The van der Waals surface area contributed by atoms with Crippen LogP contribution in [-0.4, -0.2) is 49.2 Å². The molecule has 30 heavy (non-hydrogen) atoms. The number of aryl methyl sites for hydroxylation is 1. The average Bonchev–Trinajstić information content (AvgIpc) is 3.36. The van der Waals surface area contributed by atoms with Crippen LogP contribution in [0.4, 0.5) is 5.69 Å². The Morgan fingerprint density at radius 2 is 1.97 bits per heavy atom. The van der Waals surface area contributed by atoms with Crippen molar-refractivity contribution in [2.75, 3.05) is 24.2 Å². The van der Waals surface area contributed by atoms with Gasteiger partial charge in [0.05, 0.1) is 23.4 Å². The van der Waals surface area contributed by atoms with Crippen LogP contribution in [0.25, 0.3) is 10.7 Å². The number of thiophene rings is 1. The predicted octanol–water partition coefficient (Wildman–Crippen LogP) is 3.31. The van der Waals surface area contributed by atoms with Crippen molar-refractivity contribution in [3.05, 3.63) is 53.2 Å². The molecule has 10 heteroatoms. The minimum atomic E-state index is -3.45. The molecule has 160 valence electrons. The maximum absolute atomic E-state index is 12.5. The normalized spacial score (nSPS) is 11.4. The van der Waals surface area contributed by atoms with Crippen LogP contribution in [0.15, 0.2) is 46.3 Å². The third-order valence-corrected chi connectivity index (χ3v) is 6.59. The van der Waals surface area contributed by atoms with Crippen LogP contribution in [0.2, 0.25) is 0 Å². The zero-order chi connectivity index (χ0) is 21.7. The van der Waals surface area contributed by atoms with E-state index in [4.69, 9.17) is 4.52 Å². The van der Waals surface area contributed by atoms with E-state index in [9.17, 15) is 13.2 Å². The standard InChI is InChI=1S/C20H24N4O4S2/c1-15-8-4-5-9-16(15)24(30(3,26)27)12-6-11-19(25)23(2)14-18-21-20(22-28-18)17-10-7-13-29-17/h4-5,7-10,13H,6,11-12,14H2,1-3H3. The second kappa shape index (κ2) is 9.40. The summed E-state index contributed by atoms with van der Waals surface area (Å²) in [7, 11) is -1.79. The number of nitrogens with zero attached hydrogens (tertiary/aromatic N) is 4. The zero-order valence-electron chi connectivity index (χ0n) is 17.1. The van der Waals surface area contributed by atoms with Crippen molar-refractivity contribution in [2.45, 2.75) is 26.3 Å². The van der Waals surface area contributed by atoms with Crippen molar-refractivity contribution in [3.63, 3.8) is 0 Å². The van der Waals surface area contributed by atoms with E-state index in [1.54, 1.807) is 19.2 Å². The molecule has 0 fully saturated rings. The summed E-state index contributed by atoms with van der Waals surface area (Å²) in [6, 6.07) is 11.1. The Balaban J connectivity index is 1.56. The van der Waals surface area contributed by atoms with Gasteiger partial charge in [0.2, 0.25) is 27.6 Å². The van der Waals surface area contributed by atoms with E-state index in [-0.39, 0.29) is 25.4 Å².